The van der Waals surface area contributed by atoms with Crippen molar-refractivity contribution < 1.29 is 27.8 Å². The monoisotopic (exact) mass is 382 g/mol. The van der Waals surface area contributed by atoms with Crippen molar-refractivity contribution in [2.45, 2.75) is 25.1 Å². The zero-order valence-electron chi connectivity index (χ0n) is 14.9. The Labute approximate surface area is 155 Å². The third kappa shape index (κ3) is 6.18. The minimum absolute atomic E-state index is 0.140. The predicted octanol–water partition coefficient (Wildman–Crippen LogP) is 3.83. The number of alkyl halides is 3. The lowest BCUT2D eigenvalue weighted by Gasteiger charge is -2.24. The van der Waals surface area contributed by atoms with Crippen LogP contribution in [0.5, 0.6) is 5.75 Å². The fourth-order valence-electron chi connectivity index (χ4n) is 2.52. The van der Waals surface area contributed by atoms with Gasteiger partial charge in [-0.2, -0.15) is 13.2 Å². The van der Waals surface area contributed by atoms with E-state index in [2.05, 4.69) is 10.6 Å². The van der Waals surface area contributed by atoms with Gasteiger partial charge in [0.2, 0.25) is 0 Å². The first kappa shape index (κ1) is 20.6. The number of hydrogen-bond acceptors (Lipinski definition) is 3. The van der Waals surface area contributed by atoms with Crippen molar-refractivity contribution in [3.63, 3.8) is 0 Å². The van der Waals surface area contributed by atoms with Crippen molar-refractivity contribution in [3.8, 4) is 5.75 Å². The van der Waals surface area contributed by atoms with Gasteiger partial charge in [-0.3, -0.25) is 0 Å². The normalized spacial score (nSPS) is 13.6. The maximum Gasteiger partial charge on any atom is 0.418 e. The van der Waals surface area contributed by atoms with Crippen molar-refractivity contribution >= 4 is 11.7 Å². The maximum absolute atomic E-state index is 12.9. The molecule has 0 unspecified atom stereocenters. The van der Waals surface area contributed by atoms with Gasteiger partial charge in [-0.15, -0.1) is 0 Å². The van der Waals surface area contributed by atoms with Crippen molar-refractivity contribution in [2.75, 3.05) is 19.0 Å². The third-order valence-corrected chi connectivity index (χ3v) is 3.85. The van der Waals surface area contributed by atoms with E-state index < -0.39 is 23.4 Å². The summed E-state index contributed by atoms with van der Waals surface area (Å²) < 4.78 is 43.9. The number of carbonyl (C=O) groups excluding carboxylic acids is 1. The number of methoxy groups -OCH3 is 1. The molecule has 0 saturated carbocycles. The van der Waals surface area contributed by atoms with Gasteiger partial charge in [0, 0.05) is 13.0 Å². The number of amides is 2. The summed E-state index contributed by atoms with van der Waals surface area (Å²) in [6.07, 6.45) is -4.33. The van der Waals surface area contributed by atoms with Gasteiger partial charge < -0.3 is 20.5 Å². The van der Waals surface area contributed by atoms with E-state index in [0.717, 1.165) is 17.7 Å². The van der Waals surface area contributed by atoms with Crippen LogP contribution in [0.25, 0.3) is 0 Å². The number of urea groups is 1. The summed E-state index contributed by atoms with van der Waals surface area (Å²) in [7, 11) is 1.55. The predicted molar refractivity (Wildman–Crippen MR) is 95.8 cm³/mol. The summed E-state index contributed by atoms with van der Waals surface area (Å²) >= 11 is 0. The summed E-state index contributed by atoms with van der Waals surface area (Å²) in [5, 5.41) is 15.0. The number of anilines is 1. The molecule has 0 aliphatic rings. The van der Waals surface area contributed by atoms with Crippen LogP contribution in [0.1, 0.15) is 18.1 Å². The zero-order chi connectivity index (χ0) is 20.1. The third-order valence-electron chi connectivity index (χ3n) is 3.85. The molecule has 0 spiro atoms. The van der Waals surface area contributed by atoms with Crippen LogP contribution in [0.3, 0.4) is 0 Å². The SMILES string of the molecule is COc1ccc(C[C@@](C)(O)CNC(=O)Nc2ccccc2C(F)(F)F)cc1. The number of carbonyl (C=O) groups is 1. The summed E-state index contributed by atoms with van der Waals surface area (Å²) in [6.45, 7) is 1.39. The van der Waals surface area contributed by atoms with Crippen molar-refractivity contribution in [1.82, 2.24) is 5.32 Å². The molecule has 0 aliphatic carbocycles. The molecule has 2 rings (SSSR count). The fourth-order valence-corrected chi connectivity index (χ4v) is 2.52. The Morgan fingerprint density at radius 2 is 1.74 bits per heavy atom. The Morgan fingerprint density at radius 3 is 2.33 bits per heavy atom. The van der Waals surface area contributed by atoms with Crippen LogP contribution in [0.2, 0.25) is 0 Å². The molecule has 5 nitrogen and oxygen atoms in total. The standard InChI is InChI=1S/C19H21F3N2O3/c1-18(26,11-13-7-9-14(27-2)10-8-13)12-23-17(25)24-16-6-4-3-5-15(16)19(20,21)22/h3-10,26H,11-12H2,1-2H3,(H2,23,24,25)/t18-/m1/s1. The Hall–Kier alpha value is -2.74. The summed E-state index contributed by atoms with van der Waals surface area (Å²) in [4.78, 5) is 12.0. The van der Waals surface area contributed by atoms with Crippen LogP contribution in [-0.4, -0.2) is 30.4 Å². The quantitative estimate of drug-likeness (QED) is 0.711. The van der Waals surface area contributed by atoms with E-state index in [9.17, 15) is 23.1 Å². The van der Waals surface area contributed by atoms with Gasteiger partial charge in [-0.1, -0.05) is 24.3 Å². The smallest absolute Gasteiger partial charge is 0.418 e. The highest BCUT2D eigenvalue weighted by Crippen LogP contribution is 2.34. The zero-order valence-corrected chi connectivity index (χ0v) is 14.9. The highest BCUT2D eigenvalue weighted by Gasteiger charge is 2.33. The number of aliphatic hydroxyl groups is 1. The molecular formula is C19H21F3N2O3. The number of para-hydroxylation sites is 1. The van der Waals surface area contributed by atoms with Gasteiger partial charge in [0.15, 0.2) is 0 Å². The number of ether oxygens (including phenoxy) is 1. The highest BCUT2D eigenvalue weighted by molar-refractivity contribution is 5.90. The average Bonchev–Trinajstić information content (AvgIpc) is 2.60. The molecule has 0 aliphatic heterocycles. The molecular weight excluding hydrogens is 361 g/mol. The molecule has 8 heteroatoms. The van der Waals surface area contributed by atoms with Gasteiger partial charge in [0.1, 0.15) is 5.75 Å². The van der Waals surface area contributed by atoms with Crippen molar-refractivity contribution in [3.05, 3.63) is 59.7 Å². The molecule has 0 saturated heterocycles. The van der Waals surface area contributed by atoms with Gasteiger partial charge >= 0.3 is 12.2 Å². The lowest BCUT2D eigenvalue weighted by atomic mass is 9.96. The highest BCUT2D eigenvalue weighted by atomic mass is 19.4. The van der Waals surface area contributed by atoms with Crippen LogP contribution >= 0.6 is 0 Å². The van der Waals surface area contributed by atoms with Crippen LogP contribution in [0.4, 0.5) is 23.7 Å². The van der Waals surface area contributed by atoms with E-state index in [1.54, 1.807) is 31.4 Å². The maximum atomic E-state index is 12.9. The van der Waals surface area contributed by atoms with E-state index in [1.165, 1.54) is 19.1 Å². The van der Waals surface area contributed by atoms with Crippen LogP contribution in [-0.2, 0) is 12.6 Å². The number of hydrogen-bond donors (Lipinski definition) is 3. The molecule has 1 atom stereocenters. The molecule has 0 aromatic heterocycles. The largest absolute Gasteiger partial charge is 0.497 e. The second-order valence-corrected chi connectivity index (χ2v) is 6.37. The fraction of sp³-hybridized carbons (Fsp3) is 0.316. The number of halogens is 3. The van der Waals surface area contributed by atoms with E-state index in [4.69, 9.17) is 4.74 Å². The Bertz CT molecular complexity index is 775. The van der Waals surface area contributed by atoms with Gasteiger partial charge in [-0.05, 0) is 36.8 Å². The lowest BCUT2D eigenvalue weighted by molar-refractivity contribution is -0.136. The second-order valence-electron chi connectivity index (χ2n) is 6.37. The van der Waals surface area contributed by atoms with Gasteiger partial charge in [0.05, 0.1) is 24.0 Å². The average molecular weight is 382 g/mol. The first-order valence-corrected chi connectivity index (χ1v) is 8.17. The minimum atomic E-state index is -4.58. The summed E-state index contributed by atoms with van der Waals surface area (Å²) in [5.74, 6) is 0.680. The number of rotatable bonds is 6. The first-order valence-electron chi connectivity index (χ1n) is 8.17. The molecule has 27 heavy (non-hydrogen) atoms. The van der Waals surface area contributed by atoms with Gasteiger partial charge in [0.25, 0.3) is 0 Å². The Balaban J connectivity index is 1.94. The second kappa shape index (κ2) is 8.30. The summed E-state index contributed by atoms with van der Waals surface area (Å²) in [5.41, 5.74) is -1.75. The molecule has 0 fully saturated rings. The van der Waals surface area contributed by atoms with E-state index in [-0.39, 0.29) is 18.7 Å². The van der Waals surface area contributed by atoms with E-state index >= 15 is 0 Å². The molecule has 146 valence electrons. The number of benzene rings is 2. The molecule has 0 heterocycles. The first-order chi connectivity index (χ1) is 12.6. The van der Waals surface area contributed by atoms with Crippen molar-refractivity contribution in [2.24, 2.45) is 0 Å². The van der Waals surface area contributed by atoms with E-state index in [0.29, 0.717) is 5.75 Å². The Morgan fingerprint density at radius 1 is 1.11 bits per heavy atom. The molecule has 2 aromatic carbocycles. The van der Waals surface area contributed by atoms with Crippen LogP contribution in [0.15, 0.2) is 48.5 Å². The molecule has 0 bridgehead atoms. The minimum Gasteiger partial charge on any atom is -0.497 e. The molecule has 3 N–H and O–H groups in total. The van der Waals surface area contributed by atoms with E-state index in [1.807, 2.05) is 0 Å². The van der Waals surface area contributed by atoms with Gasteiger partial charge in [-0.25, -0.2) is 4.79 Å². The van der Waals surface area contributed by atoms with Crippen LogP contribution < -0.4 is 15.4 Å². The summed E-state index contributed by atoms with van der Waals surface area (Å²) in [6, 6.07) is 10.9. The molecule has 2 amide bonds. The van der Waals surface area contributed by atoms with Crippen molar-refractivity contribution in [1.29, 1.82) is 0 Å². The Kier molecular flexibility index (Phi) is 6.32. The molecule has 0 radical (unpaired) electrons. The number of nitrogens with one attached hydrogen (secondary N) is 2. The van der Waals surface area contributed by atoms with Crippen LogP contribution in [0, 0.1) is 0 Å². The topological polar surface area (TPSA) is 70.6 Å². The molecule has 2 aromatic rings. The lowest BCUT2D eigenvalue weighted by Crippen LogP contribution is -2.43.